The molecule has 0 saturated heterocycles. The van der Waals surface area contributed by atoms with Crippen molar-refractivity contribution in [3.8, 4) is 0 Å². The number of aliphatic hydroxyl groups excluding tert-OH is 1. The molecule has 3 nitrogen and oxygen atoms in total. The molecule has 1 atom stereocenters. The van der Waals surface area contributed by atoms with Crippen LogP contribution in [0.3, 0.4) is 0 Å². The highest BCUT2D eigenvalue weighted by molar-refractivity contribution is 6.30. The molecule has 4 heteroatoms. The van der Waals surface area contributed by atoms with Gasteiger partial charge in [-0.3, -0.25) is 4.79 Å². The van der Waals surface area contributed by atoms with Gasteiger partial charge in [-0.05, 0) is 29.7 Å². The fourth-order valence-corrected chi connectivity index (χ4v) is 2.46. The number of amides is 1. The van der Waals surface area contributed by atoms with Crippen molar-refractivity contribution in [3.63, 3.8) is 0 Å². The maximum Gasteiger partial charge on any atom is 0.226 e. The number of hydrogen-bond donors (Lipinski definition) is 1. The van der Waals surface area contributed by atoms with E-state index >= 15 is 0 Å². The van der Waals surface area contributed by atoms with Crippen LogP contribution in [0.1, 0.15) is 18.1 Å². The van der Waals surface area contributed by atoms with Gasteiger partial charge in [0.2, 0.25) is 5.91 Å². The molecule has 1 aromatic rings. The highest BCUT2D eigenvalue weighted by Gasteiger charge is 2.25. The van der Waals surface area contributed by atoms with Crippen molar-refractivity contribution in [3.05, 3.63) is 34.3 Å². The number of rotatable bonds is 2. The van der Waals surface area contributed by atoms with E-state index in [0.717, 1.165) is 12.0 Å². The van der Waals surface area contributed by atoms with Crippen LogP contribution in [-0.4, -0.2) is 29.1 Å². The van der Waals surface area contributed by atoms with Crippen molar-refractivity contribution in [2.75, 3.05) is 13.2 Å². The zero-order valence-electron chi connectivity index (χ0n) is 9.82. The van der Waals surface area contributed by atoms with E-state index in [0.29, 0.717) is 18.1 Å². The third kappa shape index (κ3) is 2.61. The van der Waals surface area contributed by atoms with E-state index < -0.39 is 0 Å². The summed E-state index contributed by atoms with van der Waals surface area (Å²) in [6.07, 6.45) is 0.743. The van der Waals surface area contributed by atoms with Crippen LogP contribution in [0.15, 0.2) is 18.2 Å². The minimum absolute atomic E-state index is 0.00560. The van der Waals surface area contributed by atoms with E-state index in [4.69, 9.17) is 16.7 Å². The van der Waals surface area contributed by atoms with Crippen LogP contribution in [0.25, 0.3) is 0 Å². The van der Waals surface area contributed by atoms with Crippen LogP contribution < -0.4 is 0 Å². The van der Waals surface area contributed by atoms with Crippen LogP contribution >= 0.6 is 11.6 Å². The monoisotopic (exact) mass is 253 g/mol. The zero-order chi connectivity index (χ0) is 12.4. The molecule has 0 fully saturated rings. The van der Waals surface area contributed by atoms with Gasteiger partial charge in [-0.15, -0.1) is 0 Å². The molecule has 1 aliphatic heterocycles. The molecule has 1 aromatic carbocycles. The van der Waals surface area contributed by atoms with Crippen molar-refractivity contribution in [1.29, 1.82) is 0 Å². The van der Waals surface area contributed by atoms with Crippen LogP contribution in [0, 0.1) is 5.92 Å². The van der Waals surface area contributed by atoms with E-state index in [1.165, 1.54) is 5.56 Å². The third-order valence-electron chi connectivity index (χ3n) is 3.16. The Morgan fingerprint density at radius 2 is 2.24 bits per heavy atom. The normalized spacial score (nSPS) is 20.1. The molecule has 1 aliphatic rings. The minimum Gasteiger partial charge on any atom is -0.395 e. The average Bonchev–Trinajstić information content (AvgIpc) is 2.40. The first-order chi connectivity index (χ1) is 8.11. The first-order valence-electron chi connectivity index (χ1n) is 5.78. The fraction of sp³-hybridized carbons (Fsp3) is 0.462. The standard InChI is InChI=1S/C13H16ClNO2/c1-9-6-10-2-3-12(14)7-11(10)8-15(4-5-16)13(9)17/h2-3,7,9,16H,4-6,8H2,1H3. The molecule has 1 heterocycles. The Kier molecular flexibility index (Phi) is 3.69. The number of carbonyl (C=O) groups excluding carboxylic acids is 1. The first kappa shape index (κ1) is 12.4. The summed E-state index contributed by atoms with van der Waals surface area (Å²) in [7, 11) is 0. The molecule has 1 unspecified atom stereocenters. The fourth-order valence-electron chi connectivity index (χ4n) is 2.26. The summed E-state index contributed by atoms with van der Waals surface area (Å²) < 4.78 is 0. The van der Waals surface area contributed by atoms with Gasteiger partial charge in [-0.25, -0.2) is 0 Å². The van der Waals surface area contributed by atoms with Gasteiger partial charge in [0.1, 0.15) is 0 Å². The van der Waals surface area contributed by atoms with Crippen LogP contribution in [0.2, 0.25) is 5.02 Å². The molecule has 0 spiro atoms. The lowest BCUT2D eigenvalue weighted by atomic mass is 9.98. The molecule has 1 N–H and O–H groups in total. The van der Waals surface area contributed by atoms with Gasteiger partial charge in [0.25, 0.3) is 0 Å². The topological polar surface area (TPSA) is 40.5 Å². The molecule has 0 radical (unpaired) electrons. The number of β-amino-alcohol motifs (C(OH)–C–C–N with tert-alkyl or cyclic N) is 1. The molecule has 2 rings (SSSR count). The van der Waals surface area contributed by atoms with Crippen LogP contribution in [0.4, 0.5) is 0 Å². The number of halogens is 1. The van der Waals surface area contributed by atoms with E-state index in [-0.39, 0.29) is 18.4 Å². The Morgan fingerprint density at radius 3 is 2.94 bits per heavy atom. The summed E-state index contributed by atoms with van der Waals surface area (Å²) in [5, 5.41) is 9.69. The number of carbonyl (C=O) groups is 1. The quantitative estimate of drug-likeness (QED) is 0.874. The summed E-state index contributed by atoms with van der Waals surface area (Å²) in [6.45, 7) is 2.85. The van der Waals surface area contributed by atoms with Crippen molar-refractivity contribution in [2.24, 2.45) is 5.92 Å². The predicted molar refractivity (Wildman–Crippen MR) is 66.8 cm³/mol. The van der Waals surface area contributed by atoms with Gasteiger partial charge in [-0.2, -0.15) is 0 Å². The van der Waals surface area contributed by atoms with Crippen molar-refractivity contribution >= 4 is 17.5 Å². The Labute approximate surface area is 106 Å². The van der Waals surface area contributed by atoms with Gasteiger partial charge < -0.3 is 10.0 Å². The second kappa shape index (κ2) is 5.07. The Bertz CT molecular complexity index is 433. The van der Waals surface area contributed by atoms with Gasteiger partial charge in [-0.1, -0.05) is 24.6 Å². The predicted octanol–water partition coefficient (Wildman–Crippen LogP) is 1.85. The average molecular weight is 254 g/mol. The second-order valence-corrected chi connectivity index (χ2v) is 4.94. The largest absolute Gasteiger partial charge is 0.395 e. The molecule has 0 aliphatic carbocycles. The smallest absolute Gasteiger partial charge is 0.226 e. The molecular weight excluding hydrogens is 238 g/mol. The van der Waals surface area contributed by atoms with E-state index in [1.54, 1.807) is 4.90 Å². The van der Waals surface area contributed by atoms with Gasteiger partial charge in [0.05, 0.1) is 6.61 Å². The first-order valence-corrected chi connectivity index (χ1v) is 6.16. The Morgan fingerprint density at radius 1 is 1.47 bits per heavy atom. The van der Waals surface area contributed by atoms with E-state index in [1.807, 2.05) is 25.1 Å². The van der Waals surface area contributed by atoms with E-state index in [9.17, 15) is 4.79 Å². The number of fused-ring (bicyclic) bond motifs is 1. The molecular formula is C13H16ClNO2. The molecule has 0 saturated carbocycles. The van der Waals surface area contributed by atoms with Gasteiger partial charge in [0, 0.05) is 24.0 Å². The zero-order valence-corrected chi connectivity index (χ0v) is 10.6. The molecule has 92 valence electrons. The number of benzene rings is 1. The van der Waals surface area contributed by atoms with Crippen LogP contribution in [-0.2, 0) is 17.8 Å². The number of hydrogen-bond acceptors (Lipinski definition) is 2. The number of aliphatic hydroxyl groups is 1. The van der Waals surface area contributed by atoms with Crippen molar-refractivity contribution in [2.45, 2.75) is 19.9 Å². The maximum atomic E-state index is 12.1. The molecule has 1 amide bonds. The number of nitrogens with zero attached hydrogens (tertiary/aromatic N) is 1. The van der Waals surface area contributed by atoms with Gasteiger partial charge >= 0.3 is 0 Å². The summed E-state index contributed by atoms with van der Waals surface area (Å²) in [4.78, 5) is 13.8. The Balaban J connectivity index is 2.34. The molecule has 17 heavy (non-hydrogen) atoms. The van der Waals surface area contributed by atoms with E-state index in [2.05, 4.69) is 0 Å². The molecule has 0 bridgehead atoms. The summed E-state index contributed by atoms with van der Waals surface area (Å²) >= 11 is 5.97. The summed E-state index contributed by atoms with van der Waals surface area (Å²) in [5.74, 6) is 0.0651. The van der Waals surface area contributed by atoms with Gasteiger partial charge in [0.15, 0.2) is 0 Å². The molecule has 0 aromatic heterocycles. The third-order valence-corrected chi connectivity index (χ3v) is 3.39. The van der Waals surface area contributed by atoms with Crippen LogP contribution in [0.5, 0.6) is 0 Å². The summed E-state index contributed by atoms with van der Waals surface area (Å²) in [6, 6.07) is 5.76. The Hall–Kier alpha value is -1.06. The highest BCUT2D eigenvalue weighted by Crippen LogP contribution is 2.25. The lowest BCUT2D eigenvalue weighted by Gasteiger charge is -2.21. The highest BCUT2D eigenvalue weighted by atomic mass is 35.5. The maximum absolute atomic E-state index is 12.1. The van der Waals surface area contributed by atoms with Crippen molar-refractivity contribution < 1.29 is 9.90 Å². The SMILES string of the molecule is CC1Cc2ccc(Cl)cc2CN(CCO)C1=O. The summed E-state index contributed by atoms with van der Waals surface area (Å²) in [5.41, 5.74) is 2.26. The lowest BCUT2D eigenvalue weighted by molar-refractivity contribution is -0.135. The minimum atomic E-state index is -0.0380. The lowest BCUT2D eigenvalue weighted by Crippen LogP contribution is -2.35. The second-order valence-electron chi connectivity index (χ2n) is 4.50. The van der Waals surface area contributed by atoms with Crippen molar-refractivity contribution in [1.82, 2.24) is 4.90 Å².